The van der Waals surface area contributed by atoms with Gasteiger partial charge in [-0.15, -0.1) is 0 Å². The van der Waals surface area contributed by atoms with Gasteiger partial charge in [-0.1, -0.05) is 29.3 Å². The van der Waals surface area contributed by atoms with E-state index in [0.717, 1.165) is 5.56 Å². The summed E-state index contributed by atoms with van der Waals surface area (Å²) in [5, 5.41) is 13.6. The lowest BCUT2D eigenvalue weighted by atomic mass is 10.1. The molecule has 2 rings (SSSR count). The highest BCUT2D eigenvalue weighted by Gasteiger charge is 2.05. The highest BCUT2D eigenvalue weighted by Crippen LogP contribution is 2.22. The quantitative estimate of drug-likeness (QED) is 0.650. The zero-order valence-electron chi connectivity index (χ0n) is 12.7. The summed E-state index contributed by atoms with van der Waals surface area (Å²) in [7, 11) is 0. The molecule has 0 bridgehead atoms. The van der Waals surface area contributed by atoms with E-state index in [1.807, 2.05) is 6.07 Å². The number of carbonyl (C=O) groups is 1. The maximum atomic E-state index is 11.8. The molecule has 0 atom stereocenters. The maximum Gasteiger partial charge on any atom is 0.277 e. The van der Waals surface area contributed by atoms with Crippen molar-refractivity contribution >= 4 is 34.8 Å². The molecule has 122 valence electrons. The van der Waals surface area contributed by atoms with Crippen molar-refractivity contribution in [1.82, 2.24) is 5.43 Å². The molecule has 24 heavy (non-hydrogen) atoms. The first-order valence-corrected chi connectivity index (χ1v) is 7.66. The average Bonchev–Trinajstić information content (AvgIpc) is 2.60. The van der Waals surface area contributed by atoms with E-state index in [1.54, 1.807) is 49.4 Å². The van der Waals surface area contributed by atoms with Crippen molar-refractivity contribution in [2.75, 3.05) is 6.61 Å². The van der Waals surface area contributed by atoms with Gasteiger partial charge in [0, 0.05) is 0 Å². The first-order valence-electron chi connectivity index (χ1n) is 6.91. The Morgan fingerprint density at radius 3 is 2.54 bits per heavy atom. The van der Waals surface area contributed by atoms with Crippen LogP contribution in [0.3, 0.4) is 0 Å². The maximum absolute atomic E-state index is 11.8. The molecule has 0 aliphatic rings. The van der Waals surface area contributed by atoms with Gasteiger partial charge in [-0.25, -0.2) is 5.43 Å². The number of benzene rings is 2. The van der Waals surface area contributed by atoms with Crippen LogP contribution in [0, 0.1) is 11.3 Å². The molecule has 0 radical (unpaired) electrons. The molecule has 0 saturated carbocycles. The van der Waals surface area contributed by atoms with Gasteiger partial charge >= 0.3 is 0 Å². The van der Waals surface area contributed by atoms with Crippen molar-refractivity contribution in [1.29, 1.82) is 5.26 Å². The molecule has 0 heterocycles. The van der Waals surface area contributed by atoms with Crippen LogP contribution in [0.1, 0.15) is 18.1 Å². The van der Waals surface area contributed by atoms with Gasteiger partial charge in [-0.2, -0.15) is 10.4 Å². The number of amides is 1. The molecule has 0 aliphatic heterocycles. The zero-order chi connectivity index (χ0) is 17.5. The summed E-state index contributed by atoms with van der Waals surface area (Å²) >= 11 is 11.8. The van der Waals surface area contributed by atoms with E-state index in [4.69, 9.17) is 33.2 Å². The number of hydrogen-bond acceptors (Lipinski definition) is 4. The fourth-order valence-corrected chi connectivity index (χ4v) is 2.04. The Bertz CT molecular complexity index is 812. The fraction of sp³-hybridized carbons (Fsp3) is 0.118. The second-order valence-corrected chi connectivity index (χ2v) is 5.60. The molecular formula is C17H13Cl2N3O2. The minimum Gasteiger partial charge on any atom is -0.484 e. The molecule has 0 fully saturated rings. The molecule has 0 saturated heterocycles. The Hall–Kier alpha value is -2.55. The van der Waals surface area contributed by atoms with Crippen LogP contribution in [0.15, 0.2) is 47.6 Å². The van der Waals surface area contributed by atoms with Crippen LogP contribution >= 0.6 is 23.2 Å². The molecule has 1 amide bonds. The van der Waals surface area contributed by atoms with Crippen molar-refractivity contribution in [2.45, 2.75) is 6.92 Å². The highest BCUT2D eigenvalue weighted by molar-refractivity contribution is 6.42. The van der Waals surface area contributed by atoms with Crippen molar-refractivity contribution < 1.29 is 9.53 Å². The number of hydrazone groups is 1. The first-order chi connectivity index (χ1) is 11.5. The van der Waals surface area contributed by atoms with Gasteiger partial charge in [0.05, 0.1) is 27.4 Å². The second kappa shape index (κ2) is 8.34. The van der Waals surface area contributed by atoms with E-state index in [0.29, 0.717) is 27.1 Å². The Balaban J connectivity index is 1.89. The summed E-state index contributed by atoms with van der Waals surface area (Å²) in [5.41, 5.74) is 4.26. The Labute approximate surface area is 149 Å². The minimum absolute atomic E-state index is 0.190. The summed E-state index contributed by atoms with van der Waals surface area (Å²) in [5.74, 6) is 0.0908. The number of nitriles is 1. The van der Waals surface area contributed by atoms with Gasteiger partial charge in [0.2, 0.25) is 0 Å². The number of hydrogen-bond donors (Lipinski definition) is 1. The number of nitrogens with one attached hydrogen (secondary N) is 1. The SMILES string of the molecule is C/C(=N\NC(=O)COc1ccc(C#N)cc1)c1ccc(Cl)c(Cl)c1. The highest BCUT2D eigenvalue weighted by atomic mass is 35.5. The third kappa shape index (κ3) is 4.98. The van der Waals surface area contributed by atoms with Gasteiger partial charge in [-0.3, -0.25) is 4.79 Å². The largest absolute Gasteiger partial charge is 0.484 e. The molecule has 5 nitrogen and oxygen atoms in total. The monoisotopic (exact) mass is 361 g/mol. The summed E-state index contributed by atoms with van der Waals surface area (Å²) in [4.78, 5) is 11.8. The van der Waals surface area contributed by atoms with Crippen LogP contribution in [0.4, 0.5) is 0 Å². The van der Waals surface area contributed by atoms with Gasteiger partial charge in [-0.05, 0) is 48.9 Å². The molecule has 0 spiro atoms. The molecule has 2 aromatic rings. The Morgan fingerprint density at radius 1 is 1.21 bits per heavy atom. The van der Waals surface area contributed by atoms with Crippen LogP contribution in [0.2, 0.25) is 10.0 Å². The molecule has 1 N–H and O–H groups in total. The second-order valence-electron chi connectivity index (χ2n) is 4.79. The van der Waals surface area contributed by atoms with Crippen LogP contribution in [0.5, 0.6) is 5.75 Å². The first kappa shape index (κ1) is 17.8. The van der Waals surface area contributed by atoms with Crippen LogP contribution in [-0.2, 0) is 4.79 Å². The van der Waals surface area contributed by atoms with E-state index < -0.39 is 5.91 Å². The van der Waals surface area contributed by atoms with E-state index in [9.17, 15) is 4.79 Å². The summed E-state index contributed by atoms with van der Waals surface area (Å²) in [6, 6.07) is 13.6. The zero-order valence-corrected chi connectivity index (χ0v) is 14.2. The topological polar surface area (TPSA) is 74.5 Å². The third-order valence-corrected chi connectivity index (χ3v) is 3.78. The molecule has 2 aromatic carbocycles. The van der Waals surface area contributed by atoms with Gasteiger partial charge in [0.25, 0.3) is 5.91 Å². The van der Waals surface area contributed by atoms with Crippen LogP contribution < -0.4 is 10.2 Å². The smallest absolute Gasteiger partial charge is 0.277 e. The Kier molecular flexibility index (Phi) is 6.19. The summed E-state index contributed by atoms with van der Waals surface area (Å²) in [6.45, 7) is 1.55. The van der Waals surface area contributed by atoms with E-state index in [1.165, 1.54) is 0 Å². The van der Waals surface area contributed by atoms with Crippen molar-refractivity contribution in [3.8, 4) is 11.8 Å². The standard InChI is InChI=1S/C17H13Cl2N3O2/c1-11(13-4-7-15(18)16(19)8-13)21-22-17(23)10-24-14-5-2-12(9-20)3-6-14/h2-8H,10H2,1H3,(H,22,23)/b21-11+. The van der Waals surface area contributed by atoms with Crippen molar-refractivity contribution in [2.24, 2.45) is 5.10 Å². The van der Waals surface area contributed by atoms with E-state index in [2.05, 4.69) is 10.5 Å². The molecule has 7 heteroatoms. The molecule has 0 aliphatic carbocycles. The normalized spacial score (nSPS) is 10.8. The fourth-order valence-electron chi connectivity index (χ4n) is 1.74. The lowest BCUT2D eigenvalue weighted by molar-refractivity contribution is -0.123. The molecule has 0 unspecified atom stereocenters. The van der Waals surface area contributed by atoms with Crippen LogP contribution in [-0.4, -0.2) is 18.2 Å². The van der Waals surface area contributed by atoms with E-state index in [-0.39, 0.29) is 6.61 Å². The van der Waals surface area contributed by atoms with Crippen molar-refractivity contribution in [3.05, 3.63) is 63.6 Å². The lowest BCUT2D eigenvalue weighted by Gasteiger charge is -2.06. The summed E-state index contributed by atoms with van der Waals surface area (Å²) < 4.78 is 5.31. The predicted octanol–water partition coefficient (Wildman–Crippen LogP) is 3.78. The summed E-state index contributed by atoms with van der Waals surface area (Å²) in [6.07, 6.45) is 0. The minimum atomic E-state index is -0.404. The van der Waals surface area contributed by atoms with E-state index >= 15 is 0 Å². The molecule has 0 aromatic heterocycles. The number of nitrogens with zero attached hydrogens (tertiary/aromatic N) is 2. The predicted molar refractivity (Wildman–Crippen MR) is 93.5 cm³/mol. The third-order valence-electron chi connectivity index (χ3n) is 3.04. The number of ether oxygens (including phenoxy) is 1. The van der Waals surface area contributed by atoms with Gasteiger partial charge in [0.1, 0.15) is 5.75 Å². The number of carbonyl (C=O) groups excluding carboxylic acids is 1. The number of halogens is 2. The molecular weight excluding hydrogens is 349 g/mol. The van der Waals surface area contributed by atoms with Crippen LogP contribution in [0.25, 0.3) is 0 Å². The Morgan fingerprint density at radius 2 is 1.92 bits per heavy atom. The average molecular weight is 362 g/mol. The lowest BCUT2D eigenvalue weighted by Crippen LogP contribution is -2.25. The number of rotatable bonds is 5. The van der Waals surface area contributed by atoms with Gasteiger partial charge < -0.3 is 4.74 Å². The van der Waals surface area contributed by atoms with Crippen molar-refractivity contribution in [3.63, 3.8) is 0 Å². The van der Waals surface area contributed by atoms with Gasteiger partial charge in [0.15, 0.2) is 6.61 Å².